The molecule has 0 rings (SSSR count). The minimum Gasteiger partial charge on any atom is -0.462 e. The van der Waals surface area contributed by atoms with Crippen molar-refractivity contribution < 1.29 is 28.6 Å². The van der Waals surface area contributed by atoms with Gasteiger partial charge in [0.15, 0.2) is 6.10 Å². The first-order valence-electron chi connectivity index (χ1n) is 32.3. The maximum atomic E-state index is 12.9. The molecule has 6 heteroatoms. The molecule has 1 atom stereocenters. The summed E-state index contributed by atoms with van der Waals surface area (Å²) >= 11 is 0. The zero-order chi connectivity index (χ0) is 53.6. The Bertz CT molecular complexity index is 1330. The van der Waals surface area contributed by atoms with E-state index in [-0.39, 0.29) is 31.1 Å². The normalized spacial score (nSPS) is 12.4. The van der Waals surface area contributed by atoms with Crippen LogP contribution in [-0.2, 0) is 28.6 Å². The average molecular weight is 1040 g/mol. The first-order chi connectivity index (χ1) is 36.5. The molecule has 0 bridgehead atoms. The molecule has 0 saturated carbocycles. The zero-order valence-electron chi connectivity index (χ0n) is 49.4. The van der Waals surface area contributed by atoms with Crippen LogP contribution in [0.3, 0.4) is 0 Å². The maximum Gasteiger partial charge on any atom is 0.306 e. The minimum atomic E-state index is -0.788. The van der Waals surface area contributed by atoms with E-state index in [9.17, 15) is 14.4 Å². The molecular formula is C68H122O6. The molecule has 0 unspecified atom stereocenters. The Labute approximate surface area is 460 Å². The molecule has 0 N–H and O–H groups in total. The van der Waals surface area contributed by atoms with E-state index >= 15 is 0 Å². The number of allylic oxidation sites excluding steroid dienone is 10. The quantitative estimate of drug-likeness (QED) is 0.0261. The fourth-order valence-electron chi connectivity index (χ4n) is 9.36. The van der Waals surface area contributed by atoms with Crippen molar-refractivity contribution in [1.29, 1.82) is 0 Å². The third-order valence-corrected chi connectivity index (χ3v) is 14.2. The van der Waals surface area contributed by atoms with Gasteiger partial charge in [-0.15, -0.1) is 0 Å². The van der Waals surface area contributed by atoms with Crippen LogP contribution in [0.1, 0.15) is 335 Å². The Hall–Kier alpha value is -2.89. The van der Waals surface area contributed by atoms with Gasteiger partial charge in [-0.1, -0.05) is 287 Å². The van der Waals surface area contributed by atoms with E-state index < -0.39 is 6.10 Å². The van der Waals surface area contributed by atoms with E-state index in [1.54, 1.807) is 0 Å². The number of esters is 3. The number of ether oxygens (including phenoxy) is 3. The highest BCUT2D eigenvalue weighted by Gasteiger charge is 2.19. The Morgan fingerprint density at radius 1 is 0.270 bits per heavy atom. The van der Waals surface area contributed by atoms with Crippen LogP contribution >= 0.6 is 0 Å². The van der Waals surface area contributed by atoms with Gasteiger partial charge in [-0.25, -0.2) is 0 Å². The zero-order valence-corrected chi connectivity index (χ0v) is 49.4. The molecule has 0 fully saturated rings. The van der Waals surface area contributed by atoms with E-state index in [1.807, 2.05) is 0 Å². The van der Waals surface area contributed by atoms with Crippen molar-refractivity contribution in [2.45, 2.75) is 341 Å². The lowest BCUT2D eigenvalue weighted by Crippen LogP contribution is -2.30. The number of carbonyl (C=O) groups is 3. The predicted molar refractivity (Wildman–Crippen MR) is 321 cm³/mol. The molecule has 0 radical (unpaired) electrons. The van der Waals surface area contributed by atoms with Crippen LogP contribution in [0.5, 0.6) is 0 Å². The third kappa shape index (κ3) is 60.0. The van der Waals surface area contributed by atoms with Crippen molar-refractivity contribution >= 4 is 17.9 Å². The highest BCUT2D eigenvalue weighted by molar-refractivity contribution is 5.71. The lowest BCUT2D eigenvalue weighted by molar-refractivity contribution is -0.167. The van der Waals surface area contributed by atoms with Gasteiger partial charge in [0.05, 0.1) is 0 Å². The predicted octanol–water partition coefficient (Wildman–Crippen LogP) is 21.9. The molecule has 0 aliphatic rings. The van der Waals surface area contributed by atoms with Crippen molar-refractivity contribution in [3.05, 3.63) is 60.8 Å². The lowest BCUT2D eigenvalue weighted by Gasteiger charge is -2.18. The number of unbranched alkanes of at least 4 members (excludes halogenated alkanes) is 38. The van der Waals surface area contributed by atoms with Crippen molar-refractivity contribution in [2.75, 3.05) is 13.2 Å². The van der Waals surface area contributed by atoms with Crippen LogP contribution in [0.4, 0.5) is 0 Å². The monoisotopic (exact) mass is 1030 g/mol. The van der Waals surface area contributed by atoms with Gasteiger partial charge in [-0.05, 0) is 89.9 Å². The van der Waals surface area contributed by atoms with Gasteiger partial charge in [0.1, 0.15) is 13.2 Å². The number of hydrogen-bond acceptors (Lipinski definition) is 6. The summed E-state index contributed by atoms with van der Waals surface area (Å²) in [7, 11) is 0. The van der Waals surface area contributed by atoms with Crippen LogP contribution in [0, 0.1) is 0 Å². The van der Waals surface area contributed by atoms with Crippen molar-refractivity contribution in [3.63, 3.8) is 0 Å². The summed E-state index contributed by atoms with van der Waals surface area (Å²) in [6, 6.07) is 0. The fourth-order valence-corrected chi connectivity index (χ4v) is 9.36. The topological polar surface area (TPSA) is 78.9 Å². The molecule has 0 aromatic heterocycles. The van der Waals surface area contributed by atoms with Gasteiger partial charge in [0, 0.05) is 19.3 Å². The lowest BCUT2D eigenvalue weighted by atomic mass is 10.0. The van der Waals surface area contributed by atoms with Gasteiger partial charge in [-0.3, -0.25) is 14.4 Å². The Balaban J connectivity index is 4.41. The van der Waals surface area contributed by atoms with E-state index in [0.717, 1.165) is 83.5 Å². The van der Waals surface area contributed by atoms with Gasteiger partial charge < -0.3 is 14.2 Å². The van der Waals surface area contributed by atoms with Crippen molar-refractivity contribution in [1.82, 2.24) is 0 Å². The first kappa shape index (κ1) is 71.1. The molecule has 0 heterocycles. The summed E-state index contributed by atoms with van der Waals surface area (Å²) in [5.41, 5.74) is 0. The summed E-state index contributed by atoms with van der Waals surface area (Å²) in [5, 5.41) is 0. The fraction of sp³-hybridized carbons (Fsp3) is 0.809. The van der Waals surface area contributed by atoms with Crippen molar-refractivity contribution in [2.24, 2.45) is 0 Å². The van der Waals surface area contributed by atoms with Gasteiger partial charge in [0.2, 0.25) is 0 Å². The Kier molecular flexibility index (Phi) is 60.2. The molecule has 0 spiro atoms. The van der Waals surface area contributed by atoms with E-state index in [4.69, 9.17) is 14.2 Å². The molecule has 0 amide bonds. The van der Waals surface area contributed by atoms with Crippen LogP contribution in [0.15, 0.2) is 60.8 Å². The summed E-state index contributed by atoms with van der Waals surface area (Å²) in [5.74, 6) is -0.897. The number of rotatable bonds is 59. The summed E-state index contributed by atoms with van der Waals surface area (Å²) < 4.78 is 16.9. The Morgan fingerprint density at radius 3 is 0.811 bits per heavy atom. The summed E-state index contributed by atoms with van der Waals surface area (Å²) in [4.78, 5) is 38.3. The van der Waals surface area contributed by atoms with E-state index in [2.05, 4.69) is 81.5 Å². The van der Waals surface area contributed by atoms with Gasteiger partial charge in [-0.2, -0.15) is 0 Å². The number of carbonyl (C=O) groups excluding carboxylic acids is 3. The summed E-state index contributed by atoms with van der Waals surface area (Å²) in [6.45, 7) is 6.63. The molecule has 74 heavy (non-hydrogen) atoms. The SMILES string of the molecule is CCCCC/C=C\C/C=C\C/C=C\C/C=C\CCCCCC(=O)OC[C@@H](COC(=O)CCCCCCCCCCCCCCCCCCCC)OC(=O)CCCCCCCCCCC/C=C\CCCCCCCC. The average Bonchev–Trinajstić information content (AvgIpc) is 3.40. The Morgan fingerprint density at radius 2 is 0.486 bits per heavy atom. The molecule has 0 aromatic carbocycles. The summed E-state index contributed by atoms with van der Waals surface area (Å²) in [6.07, 6.45) is 79.3. The molecule has 6 nitrogen and oxygen atoms in total. The van der Waals surface area contributed by atoms with E-state index in [1.165, 1.54) is 212 Å². The van der Waals surface area contributed by atoms with Gasteiger partial charge in [0.25, 0.3) is 0 Å². The molecular weight excluding hydrogens is 913 g/mol. The molecule has 0 aromatic rings. The highest BCUT2D eigenvalue weighted by Crippen LogP contribution is 2.17. The standard InChI is InChI=1S/C68H122O6/c1-4-7-10-13-16-19-22-25-28-31-34-37-40-43-46-49-52-55-58-61-67(70)73-64-65(63-72-66(69)60-57-54-51-48-45-42-39-36-33-30-27-24-21-18-15-12-9-6-3)74-68(71)62-59-56-53-50-47-44-41-38-35-32-29-26-23-20-17-14-11-8-5-2/h16,19,25-26,28-29,34,37,43,46,65H,4-15,17-18,20-24,27,30-33,35-36,38-42,44-45,47-64H2,1-3H3/b19-16-,28-25-,29-26-,37-34-,46-43-/t65-/m1/s1. The minimum absolute atomic E-state index is 0.0819. The molecule has 0 aliphatic carbocycles. The molecule has 430 valence electrons. The molecule has 0 saturated heterocycles. The van der Waals surface area contributed by atoms with Gasteiger partial charge >= 0.3 is 17.9 Å². The van der Waals surface area contributed by atoms with Crippen LogP contribution in [-0.4, -0.2) is 37.2 Å². The highest BCUT2D eigenvalue weighted by atomic mass is 16.6. The largest absolute Gasteiger partial charge is 0.462 e. The second-order valence-corrected chi connectivity index (χ2v) is 21.7. The molecule has 0 aliphatic heterocycles. The smallest absolute Gasteiger partial charge is 0.306 e. The van der Waals surface area contributed by atoms with Crippen LogP contribution in [0.25, 0.3) is 0 Å². The number of hydrogen-bond donors (Lipinski definition) is 0. The second kappa shape index (κ2) is 62.6. The van der Waals surface area contributed by atoms with Crippen molar-refractivity contribution in [3.8, 4) is 0 Å². The maximum absolute atomic E-state index is 12.9. The first-order valence-corrected chi connectivity index (χ1v) is 32.3. The second-order valence-electron chi connectivity index (χ2n) is 21.7. The van der Waals surface area contributed by atoms with Crippen LogP contribution < -0.4 is 0 Å². The van der Waals surface area contributed by atoms with E-state index in [0.29, 0.717) is 19.3 Å². The van der Waals surface area contributed by atoms with Crippen LogP contribution in [0.2, 0.25) is 0 Å². The third-order valence-electron chi connectivity index (χ3n) is 14.2.